The van der Waals surface area contributed by atoms with E-state index in [-0.39, 0.29) is 6.61 Å². The molecule has 0 aliphatic carbocycles. The number of benzene rings is 1. The fraction of sp³-hybridized carbons (Fsp3) is 0.176. The van der Waals surface area contributed by atoms with Crippen LogP contribution in [0.4, 0.5) is 0 Å². The Balaban J connectivity index is 1.69. The molecule has 0 aliphatic rings. The van der Waals surface area contributed by atoms with E-state index in [9.17, 15) is 4.79 Å². The van der Waals surface area contributed by atoms with Crippen LogP contribution in [0.25, 0.3) is 10.6 Å². The molecule has 0 saturated carbocycles. The van der Waals surface area contributed by atoms with Crippen LogP contribution in [-0.2, 0) is 11.3 Å². The van der Waals surface area contributed by atoms with Crippen LogP contribution in [-0.4, -0.2) is 18.1 Å². The molecule has 0 spiro atoms. The van der Waals surface area contributed by atoms with Crippen LogP contribution >= 0.6 is 22.7 Å². The second kappa shape index (κ2) is 6.93. The Hall–Kier alpha value is -2.18. The molecule has 0 fully saturated rings. The van der Waals surface area contributed by atoms with Gasteiger partial charge in [0.05, 0.1) is 12.8 Å². The van der Waals surface area contributed by atoms with Crippen molar-refractivity contribution in [1.29, 1.82) is 0 Å². The highest BCUT2D eigenvalue weighted by atomic mass is 32.1. The van der Waals surface area contributed by atoms with E-state index in [0.717, 1.165) is 21.8 Å². The first-order valence-electron chi connectivity index (χ1n) is 6.96. The first-order chi connectivity index (χ1) is 11.2. The quantitative estimate of drug-likeness (QED) is 0.637. The predicted octanol–water partition coefficient (Wildman–Crippen LogP) is 4.55. The molecular formula is C17H15NO3S2. The van der Waals surface area contributed by atoms with Gasteiger partial charge in [-0.25, -0.2) is 9.78 Å². The van der Waals surface area contributed by atoms with Crippen molar-refractivity contribution < 1.29 is 14.3 Å². The number of hydrogen-bond donors (Lipinski definition) is 0. The van der Waals surface area contributed by atoms with Crippen molar-refractivity contribution >= 4 is 28.6 Å². The highest BCUT2D eigenvalue weighted by Gasteiger charge is 2.15. The molecule has 3 rings (SSSR count). The lowest BCUT2D eigenvalue weighted by Gasteiger charge is -2.08. The van der Waals surface area contributed by atoms with Crippen LogP contribution in [0.1, 0.15) is 21.6 Å². The van der Waals surface area contributed by atoms with Crippen molar-refractivity contribution in [2.75, 3.05) is 7.11 Å². The first-order valence-corrected chi connectivity index (χ1v) is 8.78. The van der Waals surface area contributed by atoms with E-state index in [2.05, 4.69) is 4.98 Å². The van der Waals surface area contributed by atoms with Gasteiger partial charge in [-0.05, 0) is 30.5 Å². The third kappa shape index (κ3) is 3.60. The zero-order valence-electron chi connectivity index (χ0n) is 12.7. The number of thiazole rings is 1. The molecule has 118 valence electrons. The van der Waals surface area contributed by atoms with Crippen molar-refractivity contribution in [2.45, 2.75) is 13.5 Å². The Morgan fingerprint density at radius 1 is 1.26 bits per heavy atom. The van der Waals surface area contributed by atoms with Crippen LogP contribution in [0.2, 0.25) is 0 Å². The van der Waals surface area contributed by atoms with E-state index < -0.39 is 5.97 Å². The first kappa shape index (κ1) is 15.7. The second-order valence-corrected chi connectivity index (χ2v) is 6.57. The Bertz CT molecular complexity index is 809. The van der Waals surface area contributed by atoms with E-state index in [4.69, 9.17) is 9.47 Å². The number of aryl methyl sites for hydroxylation is 1. The summed E-state index contributed by atoms with van der Waals surface area (Å²) in [6, 6.07) is 7.45. The van der Waals surface area contributed by atoms with E-state index in [0.29, 0.717) is 11.3 Å². The number of ether oxygens (including phenoxy) is 2. The average Bonchev–Trinajstić information content (AvgIpc) is 3.23. The number of methoxy groups -OCH3 is 1. The summed E-state index contributed by atoms with van der Waals surface area (Å²) >= 11 is 3.18. The number of aromatic nitrogens is 1. The molecule has 23 heavy (non-hydrogen) atoms. The lowest BCUT2D eigenvalue weighted by molar-refractivity contribution is 0.0464. The van der Waals surface area contributed by atoms with Gasteiger partial charge in [0.2, 0.25) is 0 Å². The maximum absolute atomic E-state index is 12.3. The predicted molar refractivity (Wildman–Crippen MR) is 92.3 cm³/mol. The molecule has 0 N–H and O–H groups in total. The average molecular weight is 345 g/mol. The summed E-state index contributed by atoms with van der Waals surface area (Å²) in [6.45, 7) is 2.07. The van der Waals surface area contributed by atoms with E-state index in [1.807, 2.05) is 35.2 Å². The molecule has 0 aliphatic heterocycles. The summed E-state index contributed by atoms with van der Waals surface area (Å²) in [5.74, 6) is 0.105. The van der Waals surface area contributed by atoms with Gasteiger partial charge in [-0.2, -0.15) is 11.3 Å². The monoisotopic (exact) mass is 345 g/mol. The number of rotatable bonds is 5. The summed E-state index contributed by atoms with van der Waals surface area (Å²) in [6.07, 6.45) is 0. The molecule has 0 bridgehead atoms. The van der Waals surface area contributed by atoms with E-state index in [1.54, 1.807) is 34.8 Å². The van der Waals surface area contributed by atoms with E-state index >= 15 is 0 Å². The van der Waals surface area contributed by atoms with E-state index in [1.165, 1.54) is 7.11 Å². The minimum absolute atomic E-state index is 0.149. The molecule has 6 heteroatoms. The number of esters is 1. The molecule has 0 radical (unpaired) electrons. The number of carbonyl (C=O) groups is 1. The highest BCUT2D eigenvalue weighted by Crippen LogP contribution is 2.26. The SMILES string of the molecule is COc1ccc(C)cc1C(=O)OCc1csc(-c2ccsc2)n1. The third-order valence-electron chi connectivity index (χ3n) is 3.25. The van der Waals surface area contributed by atoms with Gasteiger partial charge in [-0.15, -0.1) is 11.3 Å². The van der Waals surface area contributed by atoms with Crippen molar-refractivity contribution in [2.24, 2.45) is 0 Å². The highest BCUT2D eigenvalue weighted by molar-refractivity contribution is 7.14. The summed E-state index contributed by atoms with van der Waals surface area (Å²) in [5.41, 5.74) is 3.25. The molecule has 0 atom stereocenters. The van der Waals surface area contributed by atoms with Gasteiger partial charge in [-0.1, -0.05) is 11.6 Å². The molecule has 0 saturated heterocycles. The van der Waals surface area contributed by atoms with Gasteiger partial charge in [0.25, 0.3) is 0 Å². The van der Waals surface area contributed by atoms with Crippen LogP contribution in [0.15, 0.2) is 40.4 Å². The van der Waals surface area contributed by atoms with Crippen LogP contribution in [0, 0.1) is 6.92 Å². The standard InChI is InChI=1S/C17H15NO3S2/c1-11-3-4-15(20-2)14(7-11)17(19)21-8-13-10-23-16(18-13)12-5-6-22-9-12/h3-7,9-10H,8H2,1-2H3. The van der Waals surface area contributed by atoms with Gasteiger partial charge in [0.1, 0.15) is 22.9 Å². The van der Waals surface area contributed by atoms with Crippen molar-refractivity contribution in [3.8, 4) is 16.3 Å². The van der Waals surface area contributed by atoms with Gasteiger partial charge in [0, 0.05) is 16.3 Å². The maximum atomic E-state index is 12.3. The van der Waals surface area contributed by atoms with Gasteiger partial charge in [0.15, 0.2) is 0 Å². The Labute approximate surface area is 142 Å². The van der Waals surface area contributed by atoms with Crippen molar-refractivity contribution in [3.05, 3.63) is 57.2 Å². The summed E-state index contributed by atoms with van der Waals surface area (Å²) in [7, 11) is 1.54. The van der Waals surface area contributed by atoms with Crippen LogP contribution in [0.5, 0.6) is 5.75 Å². The summed E-state index contributed by atoms with van der Waals surface area (Å²) in [4.78, 5) is 16.8. The largest absolute Gasteiger partial charge is 0.496 e. The zero-order valence-corrected chi connectivity index (χ0v) is 14.4. The summed E-state index contributed by atoms with van der Waals surface area (Å²) in [5, 5.41) is 6.91. The third-order valence-corrected chi connectivity index (χ3v) is 4.87. The van der Waals surface area contributed by atoms with Crippen molar-refractivity contribution in [1.82, 2.24) is 4.98 Å². The molecule has 1 aromatic carbocycles. The number of thiophene rings is 1. The van der Waals surface area contributed by atoms with Crippen LogP contribution in [0.3, 0.4) is 0 Å². The molecule has 2 aromatic heterocycles. The van der Waals surface area contributed by atoms with Gasteiger partial charge >= 0.3 is 5.97 Å². The van der Waals surface area contributed by atoms with Crippen molar-refractivity contribution in [3.63, 3.8) is 0 Å². The number of hydrogen-bond acceptors (Lipinski definition) is 6. The molecular weight excluding hydrogens is 330 g/mol. The molecule has 0 unspecified atom stereocenters. The zero-order chi connectivity index (χ0) is 16.2. The normalized spacial score (nSPS) is 10.5. The lowest BCUT2D eigenvalue weighted by Crippen LogP contribution is -2.07. The molecule has 2 heterocycles. The lowest BCUT2D eigenvalue weighted by atomic mass is 10.1. The smallest absolute Gasteiger partial charge is 0.342 e. The minimum atomic E-state index is -0.407. The molecule has 4 nitrogen and oxygen atoms in total. The fourth-order valence-electron chi connectivity index (χ4n) is 2.09. The molecule has 0 amide bonds. The Kier molecular flexibility index (Phi) is 4.73. The number of nitrogens with zero attached hydrogens (tertiary/aromatic N) is 1. The topological polar surface area (TPSA) is 48.4 Å². The fourth-order valence-corrected chi connectivity index (χ4v) is 3.61. The second-order valence-electron chi connectivity index (χ2n) is 4.94. The number of carbonyl (C=O) groups excluding carboxylic acids is 1. The summed E-state index contributed by atoms with van der Waals surface area (Å²) < 4.78 is 10.6. The van der Waals surface area contributed by atoms with Gasteiger partial charge in [-0.3, -0.25) is 0 Å². The Morgan fingerprint density at radius 3 is 2.87 bits per heavy atom. The maximum Gasteiger partial charge on any atom is 0.342 e. The Morgan fingerprint density at radius 2 is 2.13 bits per heavy atom. The molecule has 3 aromatic rings. The van der Waals surface area contributed by atoms with Crippen LogP contribution < -0.4 is 4.74 Å². The van der Waals surface area contributed by atoms with Gasteiger partial charge < -0.3 is 9.47 Å². The minimum Gasteiger partial charge on any atom is -0.496 e.